The minimum Gasteiger partial charge on any atom is -0.490 e. The number of para-hydroxylation sites is 1. The van der Waals surface area contributed by atoms with Crippen molar-refractivity contribution in [3.05, 3.63) is 42.0 Å². The second-order valence-corrected chi connectivity index (χ2v) is 8.52. The number of likely N-dealkylation sites (tertiary alicyclic amines) is 1. The summed E-state index contributed by atoms with van der Waals surface area (Å²) in [7, 11) is 3.55. The topological polar surface area (TPSA) is 61.9 Å². The molecule has 1 spiro atoms. The molecular formula is C22H29N3O3. The Kier molecular flexibility index (Phi) is 5.15. The van der Waals surface area contributed by atoms with Crippen LogP contribution in [0.15, 0.2) is 36.4 Å². The zero-order valence-corrected chi connectivity index (χ0v) is 16.7. The van der Waals surface area contributed by atoms with Gasteiger partial charge in [0.2, 0.25) is 5.91 Å². The van der Waals surface area contributed by atoms with Gasteiger partial charge in [-0.15, -0.1) is 0 Å². The van der Waals surface area contributed by atoms with Crippen LogP contribution in [-0.2, 0) is 4.79 Å². The molecule has 0 aromatic heterocycles. The summed E-state index contributed by atoms with van der Waals surface area (Å²) in [6.07, 6.45) is 7.90. The molecule has 150 valence electrons. The van der Waals surface area contributed by atoms with Gasteiger partial charge in [0.15, 0.2) is 0 Å². The summed E-state index contributed by atoms with van der Waals surface area (Å²) >= 11 is 0. The number of hydrogen-bond acceptors (Lipinski definition) is 4. The van der Waals surface area contributed by atoms with Crippen LogP contribution in [0.1, 0.15) is 29.6 Å². The number of ether oxygens (including phenoxy) is 1. The monoisotopic (exact) mass is 383 g/mol. The molecule has 6 heteroatoms. The fraction of sp³-hybridized carbons (Fsp3) is 0.545. The van der Waals surface area contributed by atoms with E-state index in [4.69, 9.17) is 4.74 Å². The fourth-order valence-corrected chi connectivity index (χ4v) is 4.75. The van der Waals surface area contributed by atoms with E-state index in [-0.39, 0.29) is 17.7 Å². The van der Waals surface area contributed by atoms with Crippen LogP contribution in [0.4, 0.5) is 0 Å². The molecule has 1 N–H and O–H groups in total. The summed E-state index contributed by atoms with van der Waals surface area (Å²) < 4.78 is 6.06. The van der Waals surface area contributed by atoms with Crippen LogP contribution in [0.3, 0.4) is 0 Å². The molecule has 6 nitrogen and oxygen atoms in total. The van der Waals surface area contributed by atoms with Gasteiger partial charge < -0.3 is 15.0 Å². The largest absolute Gasteiger partial charge is 0.490 e. The van der Waals surface area contributed by atoms with Crippen LogP contribution < -0.4 is 10.1 Å². The Bertz CT molecular complexity index is 791. The summed E-state index contributed by atoms with van der Waals surface area (Å²) in [5.74, 6) is 0.756. The Morgan fingerprint density at radius 1 is 1.32 bits per heavy atom. The number of amides is 2. The first-order valence-corrected chi connectivity index (χ1v) is 10.1. The molecule has 2 amide bonds. The first-order valence-electron chi connectivity index (χ1n) is 10.1. The van der Waals surface area contributed by atoms with Gasteiger partial charge in [-0.1, -0.05) is 24.3 Å². The quantitative estimate of drug-likeness (QED) is 0.810. The third-order valence-electron chi connectivity index (χ3n) is 6.23. The van der Waals surface area contributed by atoms with Crippen molar-refractivity contribution in [3.63, 3.8) is 0 Å². The second kappa shape index (κ2) is 7.59. The molecule has 0 saturated carbocycles. The normalized spacial score (nSPS) is 29.7. The van der Waals surface area contributed by atoms with Gasteiger partial charge in [-0.3, -0.25) is 14.5 Å². The van der Waals surface area contributed by atoms with Gasteiger partial charge in [0.25, 0.3) is 5.91 Å². The highest BCUT2D eigenvalue weighted by Gasteiger charge is 2.53. The highest BCUT2D eigenvalue weighted by molar-refractivity contribution is 5.98. The van der Waals surface area contributed by atoms with E-state index in [2.05, 4.69) is 22.4 Å². The first-order chi connectivity index (χ1) is 13.5. The van der Waals surface area contributed by atoms with Gasteiger partial charge in [0, 0.05) is 33.7 Å². The van der Waals surface area contributed by atoms with Crippen LogP contribution in [0.5, 0.6) is 5.75 Å². The van der Waals surface area contributed by atoms with E-state index in [1.807, 2.05) is 18.2 Å². The first kappa shape index (κ1) is 19.0. The van der Waals surface area contributed by atoms with Crippen molar-refractivity contribution >= 4 is 11.8 Å². The number of nitrogens with one attached hydrogen (secondary N) is 1. The Labute approximate surface area is 166 Å². The molecule has 28 heavy (non-hydrogen) atoms. The van der Waals surface area contributed by atoms with Crippen molar-refractivity contribution in [3.8, 4) is 5.75 Å². The van der Waals surface area contributed by atoms with Crippen molar-refractivity contribution in [2.75, 3.05) is 40.3 Å². The molecule has 3 atom stereocenters. The van der Waals surface area contributed by atoms with Crippen molar-refractivity contribution in [2.45, 2.75) is 24.8 Å². The number of carbonyl (C=O) groups is 2. The molecule has 1 aromatic carbocycles. The molecule has 1 aliphatic carbocycles. The molecule has 1 saturated heterocycles. The van der Waals surface area contributed by atoms with Crippen LogP contribution in [0, 0.1) is 11.8 Å². The summed E-state index contributed by atoms with van der Waals surface area (Å²) in [5.41, 5.74) is -0.173. The molecule has 1 fully saturated rings. The van der Waals surface area contributed by atoms with Gasteiger partial charge in [-0.25, -0.2) is 0 Å². The van der Waals surface area contributed by atoms with E-state index in [0.29, 0.717) is 36.9 Å². The standard InChI is InChI=1S/C22H29N3O3/c1-24(2)21(27)18-13-25(12-16-8-4-3-5-9-16)14-22(18)15-28-19-11-7-6-10-17(19)20(26)23-22/h3-4,6-7,10-11,16,18H,5,8-9,12-15H2,1-2H3,(H,23,26)/t16?,18-,22-/m1/s1. The maximum absolute atomic E-state index is 13.0. The summed E-state index contributed by atoms with van der Waals surface area (Å²) in [5, 5.41) is 3.20. The zero-order chi connectivity index (χ0) is 19.7. The van der Waals surface area contributed by atoms with Gasteiger partial charge in [0.05, 0.1) is 17.0 Å². The molecule has 1 aromatic rings. The SMILES string of the molecule is CN(C)C(=O)[C@H]1CN(CC2CC=CCC2)C[C@@]12COc1ccccc1C(=O)N2. The van der Waals surface area contributed by atoms with Gasteiger partial charge in [-0.2, -0.15) is 0 Å². The highest BCUT2D eigenvalue weighted by atomic mass is 16.5. The number of allylic oxidation sites excluding steroid dienone is 2. The molecule has 2 heterocycles. The zero-order valence-electron chi connectivity index (χ0n) is 16.7. The third kappa shape index (κ3) is 3.53. The minimum absolute atomic E-state index is 0.0425. The van der Waals surface area contributed by atoms with Gasteiger partial charge in [0.1, 0.15) is 12.4 Å². The Hall–Kier alpha value is -2.34. The maximum atomic E-state index is 13.0. The maximum Gasteiger partial charge on any atom is 0.255 e. The lowest BCUT2D eigenvalue weighted by atomic mass is 9.86. The van der Waals surface area contributed by atoms with E-state index in [1.54, 1.807) is 25.1 Å². The van der Waals surface area contributed by atoms with E-state index < -0.39 is 5.54 Å². The van der Waals surface area contributed by atoms with E-state index in [9.17, 15) is 9.59 Å². The number of benzene rings is 1. The van der Waals surface area contributed by atoms with Crippen LogP contribution in [-0.4, -0.2) is 67.5 Å². The lowest BCUT2D eigenvalue weighted by Crippen LogP contribution is -2.60. The molecule has 1 unspecified atom stereocenters. The molecule has 0 radical (unpaired) electrons. The average Bonchev–Trinajstić information content (AvgIpc) is 2.96. The smallest absolute Gasteiger partial charge is 0.255 e. The minimum atomic E-state index is -0.706. The molecular weight excluding hydrogens is 354 g/mol. The summed E-state index contributed by atoms with van der Waals surface area (Å²) in [6.45, 7) is 2.54. The second-order valence-electron chi connectivity index (χ2n) is 8.52. The highest BCUT2D eigenvalue weighted by Crippen LogP contribution is 2.35. The van der Waals surface area contributed by atoms with Crippen molar-refractivity contribution in [1.82, 2.24) is 15.1 Å². The predicted octanol–water partition coefficient (Wildman–Crippen LogP) is 1.92. The Morgan fingerprint density at radius 3 is 2.89 bits per heavy atom. The van der Waals surface area contributed by atoms with Gasteiger partial charge in [-0.05, 0) is 37.3 Å². The summed E-state index contributed by atoms with van der Waals surface area (Å²) in [4.78, 5) is 30.0. The summed E-state index contributed by atoms with van der Waals surface area (Å²) in [6, 6.07) is 7.29. The lowest BCUT2D eigenvalue weighted by Gasteiger charge is -2.34. The van der Waals surface area contributed by atoms with Crippen LogP contribution in [0.2, 0.25) is 0 Å². The van der Waals surface area contributed by atoms with Crippen LogP contribution >= 0.6 is 0 Å². The molecule has 4 rings (SSSR count). The van der Waals surface area contributed by atoms with Crippen molar-refractivity contribution < 1.29 is 14.3 Å². The molecule has 0 bridgehead atoms. The Morgan fingerprint density at radius 2 is 2.14 bits per heavy atom. The van der Waals surface area contributed by atoms with E-state index >= 15 is 0 Å². The fourth-order valence-electron chi connectivity index (χ4n) is 4.75. The lowest BCUT2D eigenvalue weighted by molar-refractivity contribution is -0.134. The predicted molar refractivity (Wildman–Crippen MR) is 107 cm³/mol. The van der Waals surface area contributed by atoms with Crippen molar-refractivity contribution in [2.24, 2.45) is 11.8 Å². The van der Waals surface area contributed by atoms with E-state index in [0.717, 1.165) is 19.4 Å². The third-order valence-corrected chi connectivity index (χ3v) is 6.23. The number of nitrogens with zero attached hydrogens (tertiary/aromatic N) is 2. The average molecular weight is 383 g/mol. The molecule has 3 aliphatic rings. The van der Waals surface area contributed by atoms with Crippen molar-refractivity contribution in [1.29, 1.82) is 0 Å². The Balaban J connectivity index is 1.59. The molecule has 2 aliphatic heterocycles. The van der Waals surface area contributed by atoms with Crippen LogP contribution in [0.25, 0.3) is 0 Å². The number of rotatable bonds is 3. The number of hydrogen-bond donors (Lipinski definition) is 1. The number of carbonyl (C=O) groups excluding carboxylic acids is 2. The number of fused-ring (bicyclic) bond motifs is 1. The van der Waals surface area contributed by atoms with Gasteiger partial charge >= 0.3 is 0 Å². The van der Waals surface area contributed by atoms with E-state index in [1.165, 1.54) is 6.42 Å².